The van der Waals surface area contributed by atoms with E-state index in [1.54, 1.807) is 18.2 Å². The van der Waals surface area contributed by atoms with Gasteiger partial charge in [0.1, 0.15) is 11.5 Å². The molecule has 3 nitrogen and oxygen atoms in total. The molecule has 0 aliphatic carbocycles. The fourth-order valence-electron chi connectivity index (χ4n) is 4.24. The topological polar surface area (TPSA) is 43.7 Å². The van der Waals surface area contributed by atoms with Gasteiger partial charge in [0.2, 0.25) is 0 Å². The molecule has 1 unspecified atom stereocenters. The molecule has 2 aromatic carbocycles. The first-order chi connectivity index (χ1) is 12.0. The zero-order valence-corrected chi connectivity index (χ0v) is 15.3. The van der Waals surface area contributed by atoms with Crippen LogP contribution in [0.5, 0.6) is 11.5 Å². The Bertz CT molecular complexity index is 695. The first-order valence-corrected chi connectivity index (χ1v) is 9.27. The van der Waals surface area contributed by atoms with Crippen molar-refractivity contribution in [2.24, 2.45) is 5.92 Å². The van der Waals surface area contributed by atoms with Gasteiger partial charge in [0.25, 0.3) is 0 Å². The number of hydrogen-bond acceptors (Lipinski definition) is 3. The van der Waals surface area contributed by atoms with E-state index < -0.39 is 0 Å². The lowest BCUT2D eigenvalue weighted by Gasteiger charge is -2.32. The standard InChI is InChI=1S/C22H29NO2/c1-17(2)15-22(19-4-3-5-21(25)14-19)11-13-23(16-22)12-10-18-6-8-20(24)9-7-18/h3-9,14,17,24-25H,10-13,15-16H2,1-2H3. The molecule has 1 fully saturated rings. The van der Waals surface area contributed by atoms with Crippen molar-refractivity contribution in [2.45, 2.75) is 38.5 Å². The number of aromatic hydroxyl groups is 2. The lowest BCUT2D eigenvalue weighted by Crippen LogP contribution is -2.33. The van der Waals surface area contributed by atoms with Crippen LogP contribution in [-0.2, 0) is 11.8 Å². The van der Waals surface area contributed by atoms with Crippen molar-refractivity contribution in [2.75, 3.05) is 19.6 Å². The summed E-state index contributed by atoms with van der Waals surface area (Å²) in [4.78, 5) is 2.54. The predicted octanol–water partition coefficient (Wildman–Crippen LogP) is 4.33. The molecule has 25 heavy (non-hydrogen) atoms. The van der Waals surface area contributed by atoms with Gasteiger partial charge in [-0.1, -0.05) is 38.1 Å². The highest BCUT2D eigenvalue weighted by Crippen LogP contribution is 2.41. The van der Waals surface area contributed by atoms with Crippen LogP contribution in [0.3, 0.4) is 0 Å². The molecule has 1 saturated heterocycles. The van der Waals surface area contributed by atoms with Crippen molar-refractivity contribution in [3.05, 3.63) is 59.7 Å². The minimum absolute atomic E-state index is 0.141. The smallest absolute Gasteiger partial charge is 0.115 e. The summed E-state index contributed by atoms with van der Waals surface area (Å²) in [6.45, 7) is 7.74. The first kappa shape index (κ1) is 17.8. The molecule has 134 valence electrons. The van der Waals surface area contributed by atoms with Crippen LogP contribution in [-0.4, -0.2) is 34.7 Å². The molecule has 2 aromatic rings. The van der Waals surface area contributed by atoms with Crippen LogP contribution >= 0.6 is 0 Å². The van der Waals surface area contributed by atoms with Gasteiger partial charge in [0.05, 0.1) is 0 Å². The Morgan fingerprint density at radius 1 is 1.04 bits per heavy atom. The van der Waals surface area contributed by atoms with Crippen LogP contribution in [0.25, 0.3) is 0 Å². The maximum absolute atomic E-state index is 9.93. The largest absolute Gasteiger partial charge is 0.508 e. The molecule has 3 heteroatoms. The molecule has 0 saturated carbocycles. The van der Waals surface area contributed by atoms with E-state index in [-0.39, 0.29) is 5.41 Å². The van der Waals surface area contributed by atoms with Gasteiger partial charge in [0.15, 0.2) is 0 Å². The molecule has 0 spiro atoms. The van der Waals surface area contributed by atoms with E-state index in [2.05, 4.69) is 24.8 Å². The predicted molar refractivity (Wildman–Crippen MR) is 102 cm³/mol. The molecule has 3 rings (SSSR count). The van der Waals surface area contributed by atoms with Crippen LogP contribution in [0, 0.1) is 5.92 Å². The Morgan fingerprint density at radius 3 is 2.48 bits per heavy atom. The van der Waals surface area contributed by atoms with Gasteiger partial charge in [-0.2, -0.15) is 0 Å². The zero-order chi connectivity index (χ0) is 17.9. The van der Waals surface area contributed by atoms with Crippen molar-refractivity contribution in [3.8, 4) is 11.5 Å². The summed E-state index contributed by atoms with van der Waals surface area (Å²) >= 11 is 0. The minimum atomic E-state index is 0.141. The van der Waals surface area contributed by atoms with E-state index in [9.17, 15) is 10.2 Å². The molecular weight excluding hydrogens is 310 g/mol. The SMILES string of the molecule is CC(C)CC1(c2cccc(O)c2)CCN(CCc2ccc(O)cc2)C1. The first-order valence-electron chi connectivity index (χ1n) is 9.27. The fourth-order valence-corrected chi connectivity index (χ4v) is 4.24. The van der Waals surface area contributed by atoms with Gasteiger partial charge < -0.3 is 15.1 Å². The van der Waals surface area contributed by atoms with Gasteiger partial charge >= 0.3 is 0 Å². The quantitative estimate of drug-likeness (QED) is 0.823. The maximum atomic E-state index is 9.93. The summed E-state index contributed by atoms with van der Waals surface area (Å²) in [5.74, 6) is 1.31. The highest BCUT2D eigenvalue weighted by Gasteiger charge is 2.39. The molecule has 0 aromatic heterocycles. The second kappa shape index (κ2) is 7.49. The lowest BCUT2D eigenvalue weighted by molar-refractivity contribution is 0.288. The summed E-state index contributed by atoms with van der Waals surface area (Å²) in [6, 6.07) is 15.4. The summed E-state index contributed by atoms with van der Waals surface area (Å²) < 4.78 is 0. The fraction of sp³-hybridized carbons (Fsp3) is 0.455. The third-order valence-corrected chi connectivity index (χ3v) is 5.34. The Kier molecular flexibility index (Phi) is 5.33. The Balaban J connectivity index is 1.70. The molecule has 0 bridgehead atoms. The normalized spacial score (nSPS) is 21.1. The molecule has 1 aliphatic heterocycles. The number of hydrogen-bond donors (Lipinski definition) is 2. The molecular formula is C22H29NO2. The van der Waals surface area contributed by atoms with Crippen LogP contribution in [0.1, 0.15) is 37.8 Å². The molecule has 1 atom stereocenters. The van der Waals surface area contributed by atoms with Crippen molar-refractivity contribution in [3.63, 3.8) is 0 Å². The van der Waals surface area contributed by atoms with E-state index in [1.165, 1.54) is 11.1 Å². The second-order valence-corrected chi connectivity index (χ2v) is 7.87. The van der Waals surface area contributed by atoms with Crippen molar-refractivity contribution in [1.82, 2.24) is 4.90 Å². The third-order valence-electron chi connectivity index (χ3n) is 5.34. The summed E-state index contributed by atoms with van der Waals surface area (Å²) in [5, 5.41) is 19.3. The Morgan fingerprint density at radius 2 is 1.80 bits per heavy atom. The number of phenols is 2. The third kappa shape index (κ3) is 4.35. The van der Waals surface area contributed by atoms with E-state index >= 15 is 0 Å². The minimum Gasteiger partial charge on any atom is -0.508 e. The Hall–Kier alpha value is -2.00. The van der Waals surface area contributed by atoms with Crippen LogP contribution in [0.15, 0.2) is 48.5 Å². The molecule has 1 heterocycles. The van der Waals surface area contributed by atoms with Gasteiger partial charge in [-0.3, -0.25) is 0 Å². The highest BCUT2D eigenvalue weighted by atomic mass is 16.3. The molecule has 0 amide bonds. The van der Waals surface area contributed by atoms with E-state index in [4.69, 9.17) is 0 Å². The van der Waals surface area contributed by atoms with Crippen molar-refractivity contribution in [1.29, 1.82) is 0 Å². The highest BCUT2D eigenvalue weighted by molar-refractivity contribution is 5.34. The van der Waals surface area contributed by atoms with Gasteiger partial charge in [0, 0.05) is 18.5 Å². The van der Waals surface area contributed by atoms with Crippen LogP contribution in [0.4, 0.5) is 0 Å². The average Bonchev–Trinajstić information content (AvgIpc) is 2.98. The van der Waals surface area contributed by atoms with E-state index in [0.717, 1.165) is 38.9 Å². The average molecular weight is 339 g/mol. The monoisotopic (exact) mass is 339 g/mol. The summed E-state index contributed by atoms with van der Waals surface area (Å²) in [7, 11) is 0. The summed E-state index contributed by atoms with van der Waals surface area (Å²) in [6.07, 6.45) is 3.29. The van der Waals surface area contributed by atoms with Gasteiger partial charge in [-0.15, -0.1) is 0 Å². The van der Waals surface area contributed by atoms with E-state index in [0.29, 0.717) is 17.4 Å². The number of phenolic OH excluding ortho intramolecular Hbond substituents is 2. The van der Waals surface area contributed by atoms with E-state index in [1.807, 2.05) is 24.3 Å². The number of rotatable bonds is 6. The van der Waals surface area contributed by atoms with Gasteiger partial charge in [-0.05, 0) is 67.1 Å². The van der Waals surface area contributed by atoms with Crippen molar-refractivity contribution < 1.29 is 10.2 Å². The van der Waals surface area contributed by atoms with Crippen molar-refractivity contribution >= 4 is 0 Å². The molecule has 0 radical (unpaired) electrons. The van der Waals surface area contributed by atoms with Crippen LogP contribution in [0.2, 0.25) is 0 Å². The van der Waals surface area contributed by atoms with Gasteiger partial charge in [-0.25, -0.2) is 0 Å². The number of benzene rings is 2. The lowest BCUT2D eigenvalue weighted by atomic mass is 9.73. The molecule has 1 aliphatic rings. The zero-order valence-electron chi connectivity index (χ0n) is 15.3. The number of nitrogens with zero attached hydrogens (tertiary/aromatic N) is 1. The molecule has 2 N–H and O–H groups in total. The van der Waals surface area contributed by atoms with Crippen LogP contribution < -0.4 is 0 Å². The second-order valence-electron chi connectivity index (χ2n) is 7.87. The maximum Gasteiger partial charge on any atom is 0.115 e. The number of likely N-dealkylation sites (tertiary alicyclic amines) is 1. The summed E-state index contributed by atoms with van der Waals surface area (Å²) in [5.41, 5.74) is 2.67. The Labute approximate surface area is 150 Å².